The third-order valence-corrected chi connectivity index (χ3v) is 4.76. The lowest BCUT2D eigenvalue weighted by atomic mass is 9.73. The van der Waals surface area contributed by atoms with Crippen LogP contribution in [0.5, 0.6) is 0 Å². The zero-order valence-electron chi connectivity index (χ0n) is 14.4. The van der Waals surface area contributed by atoms with E-state index < -0.39 is 11.4 Å². The maximum Gasteiger partial charge on any atom is 0.303 e. The van der Waals surface area contributed by atoms with E-state index in [1.165, 1.54) is 12.1 Å². The average Bonchev–Trinajstić information content (AvgIpc) is 2.61. The Morgan fingerprint density at radius 2 is 1.88 bits per heavy atom. The number of carbonyl (C=O) groups excluding carboxylic acids is 1. The predicted octanol–water partition coefficient (Wildman–Crippen LogP) is 3.03. The first kappa shape index (κ1) is 19.4. The highest BCUT2D eigenvalue weighted by molar-refractivity contribution is 5.88. The monoisotopic (exact) mass is 351 g/mol. The van der Waals surface area contributed by atoms with E-state index in [0.717, 1.165) is 19.3 Å². The number of ether oxygens (including phenoxy) is 1. The van der Waals surface area contributed by atoms with Crippen LogP contribution in [0.25, 0.3) is 0 Å². The van der Waals surface area contributed by atoms with Gasteiger partial charge in [-0.15, -0.1) is 0 Å². The van der Waals surface area contributed by atoms with Crippen LogP contribution in [0.1, 0.15) is 50.5 Å². The zero-order valence-corrected chi connectivity index (χ0v) is 14.4. The first-order valence-corrected chi connectivity index (χ1v) is 8.88. The quantitative estimate of drug-likeness (QED) is 0.671. The highest BCUT2D eigenvalue weighted by Gasteiger charge is 2.41. The van der Waals surface area contributed by atoms with Crippen LogP contribution in [0.4, 0.5) is 4.39 Å². The summed E-state index contributed by atoms with van der Waals surface area (Å²) in [5.41, 5.74) is -0.0290. The minimum absolute atomic E-state index is 0.0769. The van der Waals surface area contributed by atoms with Gasteiger partial charge < -0.3 is 15.2 Å². The first-order chi connectivity index (χ1) is 12.0. The van der Waals surface area contributed by atoms with Crippen LogP contribution in [0.15, 0.2) is 24.3 Å². The number of aliphatic carboxylic acids is 1. The van der Waals surface area contributed by atoms with Crippen LogP contribution in [0.2, 0.25) is 0 Å². The summed E-state index contributed by atoms with van der Waals surface area (Å²) in [6.45, 7) is 1.52. The molecule has 0 aromatic heterocycles. The molecular weight excluding hydrogens is 325 g/mol. The lowest BCUT2D eigenvalue weighted by molar-refractivity contribution is -0.137. The van der Waals surface area contributed by atoms with Crippen LogP contribution in [0, 0.1) is 5.82 Å². The van der Waals surface area contributed by atoms with Crippen LogP contribution in [-0.2, 0) is 19.7 Å². The van der Waals surface area contributed by atoms with Crippen LogP contribution in [0.3, 0.4) is 0 Å². The molecule has 2 rings (SSSR count). The molecule has 1 aromatic rings. The fraction of sp³-hybridized carbons (Fsp3) is 0.579. The minimum Gasteiger partial charge on any atom is -0.481 e. The van der Waals surface area contributed by atoms with Gasteiger partial charge in [0, 0.05) is 26.2 Å². The summed E-state index contributed by atoms with van der Waals surface area (Å²) < 4.78 is 19.0. The highest BCUT2D eigenvalue weighted by atomic mass is 19.1. The number of nitrogens with one attached hydrogen (secondary N) is 1. The SMILES string of the molecule is O=C(O)CCCCCCNC(=O)C1(c2cccc(F)c2)CCOCC1. The number of halogens is 1. The van der Waals surface area contributed by atoms with Crippen molar-refractivity contribution in [3.63, 3.8) is 0 Å². The van der Waals surface area contributed by atoms with Crippen LogP contribution in [-0.4, -0.2) is 36.7 Å². The second-order valence-electron chi connectivity index (χ2n) is 6.52. The van der Waals surface area contributed by atoms with E-state index in [4.69, 9.17) is 9.84 Å². The van der Waals surface area contributed by atoms with E-state index in [1.807, 2.05) is 0 Å². The number of carboxylic acids is 1. The van der Waals surface area contributed by atoms with E-state index >= 15 is 0 Å². The van der Waals surface area contributed by atoms with Crippen LogP contribution >= 0.6 is 0 Å². The van der Waals surface area contributed by atoms with Crippen LogP contribution < -0.4 is 5.32 Å². The summed E-state index contributed by atoms with van der Waals surface area (Å²) in [4.78, 5) is 23.3. The summed E-state index contributed by atoms with van der Waals surface area (Å²) in [6, 6.07) is 6.26. The van der Waals surface area contributed by atoms with Gasteiger partial charge in [0.05, 0.1) is 5.41 Å². The molecule has 5 nitrogen and oxygen atoms in total. The lowest BCUT2D eigenvalue weighted by Gasteiger charge is -2.36. The number of benzene rings is 1. The van der Waals surface area contributed by atoms with E-state index in [1.54, 1.807) is 12.1 Å². The van der Waals surface area contributed by atoms with Crippen molar-refractivity contribution in [3.8, 4) is 0 Å². The zero-order chi connectivity index (χ0) is 18.1. The third kappa shape index (κ3) is 5.53. The summed E-state index contributed by atoms with van der Waals surface area (Å²) in [6.07, 6.45) is 4.46. The average molecular weight is 351 g/mol. The Kier molecular flexibility index (Phi) is 7.37. The van der Waals surface area contributed by atoms with Crippen molar-refractivity contribution in [2.75, 3.05) is 19.8 Å². The van der Waals surface area contributed by atoms with Crippen molar-refractivity contribution in [2.24, 2.45) is 0 Å². The maximum absolute atomic E-state index is 13.6. The fourth-order valence-corrected chi connectivity index (χ4v) is 3.28. The normalized spacial score (nSPS) is 16.4. The predicted molar refractivity (Wildman–Crippen MR) is 91.9 cm³/mol. The number of rotatable bonds is 9. The van der Waals surface area contributed by atoms with Crippen molar-refractivity contribution in [1.29, 1.82) is 0 Å². The molecule has 0 saturated carbocycles. The van der Waals surface area contributed by atoms with E-state index in [0.29, 0.717) is 44.6 Å². The minimum atomic E-state index is -0.773. The molecule has 1 aliphatic heterocycles. The van der Waals surface area contributed by atoms with Gasteiger partial charge in [-0.1, -0.05) is 25.0 Å². The summed E-state index contributed by atoms with van der Waals surface area (Å²) in [5.74, 6) is -1.19. The standard InChI is InChI=1S/C19H26FNO4/c20-16-7-5-6-15(14-16)19(9-12-25-13-10-19)18(24)21-11-4-2-1-3-8-17(22)23/h5-7,14H,1-4,8-13H2,(H,21,24)(H,22,23). The largest absolute Gasteiger partial charge is 0.481 e. The maximum atomic E-state index is 13.6. The van der Waals surface area contributed by atoms with Gasteiger partial charge in [-0.05, 0) is 43.4 Å². The second kappa shape index (κ2) is 9.51. The number of amides is 1. The van der Waals surface area contributed by atoms with Gasteiger partial charge in [0.2, 0.25) is 5.91 Å². The topological polar surface area (TPSA) is 75.6 Å². The molecule has 1 aliphatic rings. The van der Waals surface area contributed by atoms with Gasteiger partial charge in [-0.2, -0.15) is 0 Å². The molecule has 0 radical (unpaired) electrons. The Labute approximate surface area is 147 Å². The van der Waals surface area contributed by atoms with Gasteiger partial charge in [-0.3, -0.25) is 9.59 Å². The summed E-state index contributed by atoms with van der Waals surface area (Å²) >= 11 is 0. The molecule has 1 fully saturated rings. The smallest absolute Gasteiger partial charge is 0.303 e. The summed E-state index contributed by atoms with van der Waals surface area (Å²) in [5, 5.41) is 11.6. The Morgan fingerprint density at radius 1 is 1.16 bits per heavy atom. The van der Waals surface area contributed by atoms with Crippen molar-refractivity contribution in [1.82, 2.24) is 5.32 Å². The molecule has 2 N–H and O–H groups in total. The third-order valence-electron chi connectivity index (χ3n) is 4.76. The molecule has 0 atom stereocenters. The number of unbranched alkanes of at least 4 members (excludes halogenated alkanes) is 3. The summed E-state index contributed by atoms with van der Waals surface area (Å²) in [7, 11) is 0. The number of carboxylic acid groups (broad SMARTS) is 1. The first-order valence-electron chi connectivity index (χ1n) is 8.88. The Bertz CT molecular complexity index is 585. The van der Waals surface area contributed by atoms with Crippen molar-refractivity contribution >= 4 is 11.9 Å². The van der Waals surface area contributed by atoms with E-state index in [9.17, 15) is 14.0 Å². The van der Waals surface area contributed by atoms with Gasteiger partial charge in [-0.25, -0.2) is 4.39 Å². The van der Waals surface area contributed by atoms with Gasteiger partial charge in [0.15, 0.2) is 0 Å². The van der Waals surface area contributed by atoms with E-state index in [-0.39, 0.29) is 18.1 Å². The molecule has 0 bridgehead atoms. The molecule has 1 heterocycles. The lowest BCUT2D eigenvalue weighted by Crippen LogP contribution is -2.48. The molecule has 1 aromatic carbocycles. The van der Waals surface area contributed by atoms with Gasteiger partial charge in [0.25, 0.3) is 0 Å². The number of hydrogen-bond donors (Lipinski definition) is 2. The fourth-order valence-electron chi connectivity index (χ4n) is 3.28. The van der Waals surface area contributed by atoms with Crippen molar-refractivity contribution in [2.45, 2.75) is 50.4 Å². The molecule has 0 spiro atoms. The van der Waals surface area contributed by atoms with Crippen molar-refractivity contribution in [3.05, 3.63) is 35.6 Å². The Morgan fingerprint density at radius 3 is 2.56 bits per heavy atom. The molecule has 1 amide bonds. The Balaban J connectivity index is 1.88. The Hall–Kier alpha value is -1.95. The molecule has 1 saturated heterocycles. The molecule has 0 unspecified atom stereocenters. The van der Waals surface area contributed by atoms with Gasteiger partial charge in [0.1, 0.15) is 5.82 Å². The van der Waals surface area contributed by atoms with Crippen molar-refractivity contribution < 1.29 is 23.8 Å². The van der Waals surface area contributed by atoms with E-state index in [2.05, 4.69) is 5.32 Å². The van der Waals surface area contributed by atoms with Gasteiger partial charge >= 0.3 is 5.97 Å². The molecule has 6 heteroatoms. The molecule has 138 valence electrons. The number of hydrogen-bond acceptors (Lipinski definition) is 3. The highest BCUT2D eigenvalue weighted by Crippen LogP contribution is 2.35. The molecular formula is C19H26FNO4. The molecule has 25 heavy (non-hydrogen) atoms. The number of carbonyl (C=O) groups is 2. The molecule has 0 aliphatic carbocycles. The second-order valence-corrected chi connectivity index (χ2v) is 6.52.